The Hall–Kier alpha value is -3.57. The van der Waals surface area contributed by atoms with Gasteiger partial charge in [0.1, 0.15) is 17.2 Å². The number of allylic oxidation sites excluding steroid dienone is 1. The van der Waals surface area contributed by atoms with E-state index in [0.717, 1.165) is 5.56 Å². The summed E-state index contributed by atoms with van der Waals surface area (Å²) in [7, 11) is 3.07. The van der Waals surface area contributed by atoms with Gasteiger partial charge >= 0.3 is 5.97 Å². The quantitative estimate of drug-likeness (QED) is 0.218. The number of hydrogen-bond donors (Lipinski definition) is 0. The lowest BCUT2D eigenvalue weighted by Crippen LogP contribution is -2.11. The molecule has 3 aromatic rings. The zero-order valence-electron chi connectivity index (χ0n) is 16.4. The molecule has 0 spiro atoms. The largest absolute Gasteiger partial charge is 0.497 e. The first-order valence-electron chi connectivity index (χ1n) is 9.03. The molecule has 3 aromatic carbocycles. The third-order valence-electron chi connectivity index (χ3n) is 4.27. The average molecular weight is 423 g/mol. The molecule has 0 saturated heterocycles. The maximum Gasteiger partial charge on any atom is 0.343 e. The number of rotatable bonds is 7. The fourth-order valence-corrected chi connectivity index (χ4v) is 2.92. The van der Waals surface area contributed by atoms with Crippen molar-refractivity contribution in [2.24, 2.45) is 0 Å². The van der Waals surface area contributed by atoms with Crippen molar-refractivity contribution in [3.05, 3.63) is 94.5 Å². The van der Waals surface area contributed by atoms with E-state index < -0.39 is 5.97 Å². The molecule has 0 amide bonds. The van der Waals surface area contributed by atoms with Crippen molar-refractivity contribution < 1.29 is 23.8 Å². The Kier molecular flexibility index (Phi) is 6.88. The zero-order chi connectivity index (χ0) is 21.5. The Balaban J connectivity index is 1.86. The second-order valence-electron chi connectivity index (χ2n) is 6.20. The summed E-state index contributed by atoms with van der Waals surface area (Å²) in [5.41, 5.74) is 1.21. The maximum atomic E-state index is 12.8. The van der Waals surface area contributed by atoms with Gasteiger partial charge in [0.15, 0.2) is 5.78 Å². The molecule has 3 rings (SSSR count). The SMILES string of the molecule is COc1cccc(C(=O)Oc2ccc(Cl)cc2C(=O)/C=C/c2ccccc2OC)c1. The molecule has 0 radical (unpaired) electrons. The van der Waals surface area contributed by atoms with Crippen LogP contribution in [0.4, 0.5) is 0 Å². The van der Waals surface area contributed by atoms with E-state index in [1.807, 2.05) is 18.2 Å². The molecule has 0 aromatic heterocycles. The molecule has 6 heteroatoms. The van der Waals surface area contributed by atoms with Crippen LogP contribution in [0.5, 0.6) is 17.2 Å². The normalized spacial score (nSPS) is 10.6. The smallest absolute Gasteiger partial charge is 0.343 e. The molecule has 0 aliphatic rings. The molecule has 0 saturated carbocycles. The van der Waals surface area contributed by atoms with Crippen LogP contribution in [-0.4, -0.2) is 26.0 Å². The number of ketones is 1. The van der Waals surface area contributed by atoms with Gasteiger partial charge in [0.2, 0.25) is 0 Å². The highest BCUT2D eigenvalue weighted by Crippen LogP contribution is 2.26. The minimum absolute atomic E-state index is 0.113. The summed E-state index contributed by atoms with van der Waals surface area (Å²) in [4.78, 5) is 25.4. The minimum Gasteiger partial charge on any atom is -0.497 e. The molecule has 0 aliphatic carbocycles. The van der Waals surface area contributed by atoms with Crippen molar-refractivity contribution in [1.82, 2.24) is 0 Å². The summed E-state index contributed by atoms with van der Waals surface area (Å²) < 4.78 is 15.9. The van der Waals surface area contributed by atoms with Crippen molar-refractivity contribution in [3.63, 3.8) is 0 Å². The van der Waals surface area contributed by atoms with E-state index >= 15 is 0 Å². The Labute approximate surface area is 179 Å². The highest BCUT2D eigenvalue weighted by Gasteiger charge is 2.16. The van der Waals surface area contributed by atoms with E-state index in [2.05, 4.69) is 0 Å². The van der Waals surface area contributed by atoms with Gasteiger partial charge in [-0.1, -0.05) is 35.9 Å². The maximum absolute atomic E-state index is 12.8. The molecular weight excluding hydrogens is 404 g/mol. The molecular formula is C24H19ClO5. The zero-order valence-corrected chi connectivity index (χ0v) is 17.2. The molecule has 0 heterocycles. The number of esters is 1. The van der Waals surface area contributed by atoms with E-state index in [4.69, 9.17) is 25.8 Å². The van der Waals surface area contributed by atoms with Gasteiger partial charge in [-0.15, -0.1) is 0 Å². The highest BCUT2D eigenvalue weighted by molar-refractivity contribution is 6.31. The molecule has 0 bridgehead atoms. The van der Waals surface area contributed by atoms with Gasteiger partial charge in [-0.2, -0.15) is 0 Å². The lowest BCUT2D eigenvalue weighted by atomic mass is 10.1. The Bertz CT molecular complexity index is 1100. The molecule has 30 heavy (non-hydrogen) atoms. The van der Waals surface area contributed by atoms with Crippen LogP contribution in [0.3, 0.4) is 0 Å². The third-order valence-corrected chi connectivity index (χ3v) is 4.50. The van der Waals surface area contributed by atoms with Gasteiger partial charge in [-0.05, 0) is 54.6 Å². The van der Waals surface area contributed by atoms with Crippen molar-refractivity contribution >= 4 is 29.4 Å². The van der Waals surface area contributed by atoms with Crippen molar-refractivity contribution in [1.29, 1.82) is 0 Å². The van der Waals surface area contributed by atoms with E-state index in [1.54, 1.807) is 49.6 Å². The molecule has 0 aliphatic heterocycles. The molecule has 152 valence electrons. The fraction of sp³-hybridized carbons (Fsp3) is 0.0833. The number of ether oxygens (including phenoxy) is 3. The first kappa shape index (κ1) is 21.1. The Morgan fingerprint density at radius 2 is 1.67 bits per heavy atom. The number of methoxy groups -OCH3 is 2. The Morgan fingerprint density at radius 1 is 0.867 bits per heavy atom. The summed E-state index contributed by atoms with van der Waals surface area (Å²) in [6.07, 6.45) is 3.02. The van der Waals surface area contributed by atoms with Crippen LogP contribution in [0.1, 0.15) is 26.3 Å². The van der Waals surface area contributed by atoms with Crippen molar-refractivity contribution in [2.45, 2.75) is 0 Å². The van der Waals surface area contributed by atoms with Crippen LogP contribution in [0.25, 0.3) is 6.08 Å². The summed E-state index contributed by atoms with van der Waals surface area (Å²) in [5, 5.41) is 0.352. The Morgan fingerprint density at radius 3 is 2.43 bits per heavy atom. The second-order valence-corrected chi connectivity index (χ2v) is 6.64. The van der Waals surface area contributed by atoms with Gasteiger partial charge in [0.05, 0.1) is 25.3 Å². The van der Waals surface area contributed by atoms with E-state index in [9.17, 15) is 9.59 Å². The predicted octanol–water partition coefficient (Wildman–Crippen LogP) is 5.47. The van der Waals surface area contributed by atoms with Crippen LogP contribution in [0.2, 0.25) is 5.02 Å². The summed E-state index contributed by atoms with van der Waals surface area (Å²) >= 11 is 6.07. The number of carbonyl (C=O) groups is 2. The summed E-state index contributed by atoms with van der Waals surface area (Å²) in [5.74, 6) is 0.298. The lowest BCUT2D eigenvalue weighted by Gasteiger charge is -2.10. The number of hydrogen-bond acceptors (Lipinski definition) is 5. The molecule has 0 unspecified atom stereocenters. The van der Waals surface area contributed by atoms with E-state index in [1.165, 1.54) is 25.3 Å². The fourth-order valence-electron chi connectivity index (χ4n) is 2.75. The molecule has 5 nitrogen and oxygen atoms in total. The van der Waals surface area contributed by atoms with Crippen molar-refractivity contribution in [3.8, 4) is 17.2 Å². The third kappa shape index (κ3) is 5.07. The van der Waals surface area contributed by atoms with Crippen LogP contribution in [0.15, 0.2) is 72.8 Å². The topological polar surface area (TPSA) is 61.8 Å². The van der Waals surface area contributed by atoms with Crippen LogP contribution < -0.4 is 14.2 Å². The van der Waals surface area contributed by atoms with Gasteiger partial charge in [0.25, 0.3) is 0 Å². The van der Waals surface area contributed by atoms with E-state index in [0.29, 0.717) is 22.1 Å². The van der Waals surface area contributed by atoms with Crippen molar-refractivity contribution in [2.75, 3.05) is 14.2 Å². The van der Waals surface area contributed by atoms with Crippen LogP contribution in [-0.2, 0) is 0 Å². The number of carbonyl (C=O) groups excluding carboxylic acids is 2. The molecule has 0 atom stereocenters. The molecule has 0 fully saturated rings. The summed E-state index contributed by atoms with van der Waals surface area (Å²) in [6, 6.07) is 18.4. The standard InChI is InChI=1S/C24H19ClO5/c1-28-19-8-5-7-17(14-19)24(27)30-23-13-11-18(25)15-20(23)21(26)12-10-16-6-3-4-9-22(16)29-2/h3-15H,1-2H3/b12-10+. The minimum atomic E-state index is -0.612. The first-order chi connectivity index (χ1) is 14.5. The highest BCUT2D eigenvalue weighted by atomic mass is 35.5. The number of halogens is 1. The van der Waals surface area contributed by atoms with Gasteiger partial charge < -0.3 is 14.2 Å². The predicted molar refractivity (Wildman–Crippen MR) is 116 cm³/mol. The van der Waals surface area contributed by atoms with Gasteiger partial charge in [-0.3, -0.25) is 4.79 Å². The van der Waals surface area contributed by atoms with Crippen LogP contribution in [0, 0.1) is 0 Å². The summed E-state index contributed by atoms with van der Waals surface area (Å²) in [6.45, 7) is 0. The number of benzene rings is 3. The van der Waals surface area contributed by atoms with E-state index in [-0.39, 0.29) is 17.1 Å². The lowest BCUT2D eigenvalue weighted by molar-refractivity contribution is 0.0732. The van der Waals surface area contributed by atoms with Gasteiger partial charge in [0, 0.05) is 10.6 Å². The second kappa shape index (κ2) is 9.76. The monoisotopic (exact) mass is 422 g/mol. The average Bonchev–Trinajstić information content (AvgIpc) is 2.78. The number of para-hydroxylation sites is 1. The van der Waals surface area contributed by atoms with Gasteiger partial charge in [-0.25, -0.2) is 4.79 Å². The first-order valence-corrected chi connectivity index (χ1v) is 9.41. The van der Waals surface area contributed by atoms with Crippen LogP contribution >= 0.6 is 11.6 Å². The molecule has 0 N–H and O–H groups in total.